The predicted molar refractivity (Wildman–Crippen MR) is 81.1 cm³/mol. The van der Waals surface area contributed by atoms with E-state index in [4.69, 9.17) is 0 Å². The molecular weight excluding hydrogens is 326 g/mol. The fourth-order valence-corrected chi connectivity index (χ4v) is 3.77. The highest BCUT2D eigenvalue weighted by Gasteiger charge is 2.30. The Labute approximate surface area is 126 Å². The first kappa shape index (κ1) is 14.9. The molecule has 2 rings (SSSR count). The summed E-state index contributed by atoms with van der Waals surface area (Å²) in [6, 6.07) is 0.396. The second kappa shape index (κ2) is 6.79. The maximum Gasteiger partial charge on any atom is 0.267 e. The molecule has 1 aliphatic carbocycles. The first-order chi connectivity index (χ1) is 9.15. The van der Waals surface area contributed by atoms with Gasteiger partial charge in [-0.3, -0.25) is 4.79 Å². The van der Waals surface area contributed by atoms with Crippen molar-refractivity contribution in [3.8, 4) is 0 Å². The van der Waals surface area contributed by atoms with Crippen LogP contribution in [0.25, 0.3) is 0 Å². The summed E-state index contributed by atoms with van der Waals surface area (Å²) in [4.78, 5) is 15.5. The normalized spacial score (nSPS) is 16.2. The lowest BCUT2D eigenvalue weighted by atomic mass is 10.1. The summed E-state index contributed by atoms with van der Waals surface area (Å²) in [7, 11) is 0. The number of halogens is 1. The summed E-state index contributed by atoms with van der Waals surface area (Å²) in [5, 5.41) is 4.93. The highest BCUT2D eigenvalue weighted by atomic mass is 79.9. The summed E-state index contributed by atoms with van der Waals surface area (Å²) in [6.07, 6.45) is 4.72. The van der Waals surface area contributed by atoms with Gasteiger partial charge in [0.2, 0.25) is 0 Å². The smallest absolute Gasteiger partial charge is 0.267 e. The fourth-order valence-electron chi connectivity index (χ4n) is 2.61. The van der Waals surface area contributed by atoms with Crippen LogP contribution in [0.2, 0.25) is 0 Å². The van der Waals surface area contributed by atoms with Crippen molar-refractivity contribution in [1.82, 2.24) is 14.5 Å². The second-order valence-corrected chi connectivity index (χ2v) is 6.81. The van der Waals surface area contributed by atoms with Crippen LogP contribution < -0.4 is 0 Å². The van der Waals surface area contributed by atoms with Gasteiger partial charge in [0.1, 0.15) is 4.88 Å². The summed E-state index contributed by atoms with van der Waals surface area (Å²) in [6.45, 7) is 4.87. The third-order valence-electron chi connectivity index (χ3n) is 3.61. The van der Waals surface area contributed by atoms with Gasteiger partial charge >= 0.3 is 0 Å². The predicted octanol–water partition coefficient (Wildman–Crippen LogP) is 3.44. The standard InChI is InChI=1S/C13H20BrN3OS/c1-9(2)11-12(19-16-15-11)13(18)17(8-7-14)10-5-3-4-6-10/h9-10H,3-8H2,1-2H3. The molecule has 1 aliphatic rings. The van der Waals surface area contributed by atoms with Gasteiger partial charge in [-0.25, -0.2) is 0 Å². The third kappa shape index (κ3) is 3.34. The molecule has 0 bridgehead atoms. The zero-order valence-electron chi connectivity index (χ0n) is 11.4. The van der Waals surface area contributed by atoms with Crippen molar-refractivity contribution in [3.05, 3.63) is 10.6 Å². The van der Waals surface area contributed by atoms with E-state index in [-0.39, 0.29) is 11.8 Å². The number of hydrogen-bond acceptors (Lipinski definition) is 4. The van der Waals surface area contributed by atoms with E-state index in [1.807, 2.05) is 4.90 Å². The van der Waals surface area contributed by atoms with Crippen molar-refractivity contribution in [2.75, 3.05) is 11.9 Å². The number of amides is 1. The molecular formula is C13H20BrN3OS. The zero-order valence-corrected chi connectivity index (χ0v) is 13.8. The van der Waals surface area contributed by atoms with Gasteiger partial charge in [-0.1, -0.05) is 47.1 Å². The molecule has 0 aromatic carbocycles. The highest BCUT2D eigenvalue weighted by molar-refractivity contribution is 9.09. The van der Waals surface area contributed by atoms with E-state index >= 15 is 0 Å². The largest absolute Gasteiger partial charge is 0.334 e. The van der Waals surface area contributed by atoms with Crippen LogP contribution in [0.15, 0.2) is 0 Å². The lowest BCUT2D eigenvalue weighted by molar-refractivity contribution is 0.0699. The Morgan fingerprint density at radius 3 is 2.74 bits per heavy atom. The van der Waals surface area contributed by atoms with Crippen LogP contribution in [0, 0.1) is 0 Å². The fraction of sp³-hybridized carbons (Fsp3) is 0.769. The maximum absolute atomic E-state index is 12.7. The molecule has 0 saturated heterocycles. The average molecular weight is 346 g/mol. The maximum atomic E-state index is 12.7. The van der Waals surface area contributed by atoms with Gasteiger partial charge in [-0.15, -0.1) is 5.10 Å². The molecule has 1 amide bonds. The summed E-state index contributed by atoms with van der Waals surface area (Å²) in [5.41, 5.74) is 0.840. The Balaban J connectivity index is 2.20. The number of carbonyl (C=O) groups is 1. The van der Waals surface area contributed by atoms with Gasteiger partial charge in [0, 0.05) is 17.9 Å². The Bertz CT molecular complexity index is 429. The molecule has 0 spiro atoms. The molecule has 0 radical (unpaired) electrons. The SMILES string of the molecule is CC(C)c1nnsc1C(=O)N(CCBr)C1CCCC1. The van der Waals surface area contributed by atoms with Crippen LogP contribution in [0.4, 0.5) is 0 Å². The van der Waals surface area contributed by atoms with Crippen molar-refractivity contribution in [3.63, 3.8) is 0 Å². The molecule has 1 aromatic heterocycles. The molecule has 0 unspecified atom stereocenters. The molecule has 0 atom stereocenters. The number of aromatic nitrogens is 2. The zero-order chi connectivity index (χ0) is 13.8. The van der Waals surface area contributed by atoms with Gasteiger partial charge in [0.25, 0.3) is 5.91 Å². The third-order valence-corrected chi connectivity index (χ3v) is 4.69. The molecule has 6 heteroatoms. The van der Waals surface area contributed by atoms with Gasteiger partial charge in [0.05, 0.1) is 5.69 Å². The van der Waals surface area contributed by atoms with Gasteiger partial charge < -0.3 is 4.90 Å². The molecule has 0 N–H and O–H groups in total. The summed E-state index contributed by atoms with van der Waals surface area (Å²) < 4.78 is 3.97. The first-order valence-electron chi connectivity index (χ1n) is 6.84. The van der Waals surface area contributed by atoms with Gasteiger partial charge in [-0.2, -0.15) is 0 Å². The van der Waals surface area contributed by atoms with E-state index in [0.29, 0.717) is 6.04 Å². The molecule has 4 nitrogen and oxygen atoms in total. The minimum Gasteiger partial charge on any atom is -0.334 e. The van der Waals surface area contributed by atoms with E-state index in [1.54, 1.807) is 0 Å². The molecule has 0 aliphatic heterocycles. The Morgan fingerprint density at radius 2 is 2.16 bits per heavy atom. The lowest BCUT2D eigenvalue weighted by Crippen LogP contribution is -2.40. The van der Waals surface area contributed by atoms with Crippen LogP contribution in [0.3, 0.4) is 0 Å². The van der Waals surface area contributed by atoms with Crippen LogP contribution in [-0.4, -0.2) is 38.3 Å². The Kier molecular flexibility index (Phi) is 5.33. The second-order valence-electron chi connectivity index (χ2n) is 5.27. The van der Waals surface area contributed by atoms with Crippen LogP contribution in [-0.2, 0) is 0 Å². The Hall–Kier alpha value is -0.490. The molecule has 106 valence electrons. The molecule has 1 saturated carbocycles. The highest BCUT2D eigenvalue weighted by Crippen LogP contribution is 2.28. The molecule has 1 heterocycles. The monoisotopic (exact) mass is 345 g/mol. The van der Waals surface area contributed by atoms with Crippen molar-refractivity contribution in [1.29, 1.82) is 0 Å². The number of rotatable bonds is 5. The van der Waals surface area contributed by atoms with E-state index in [2.05, 4.69) is 39.4 Å². The van der Waals surface area contributed by atoms with E-state index in [9.17, 15) is 4.79 Å². The van der Waals surface area contributed by atoms with E-state index in [0.717, 1.165) is 35.3 Å². The van der Waals surface area contributed by atoms with Gasteiger partial charge in [0.15, 0.2) is 0 Å². The Morgan fingerprint density at radius 1 is 1.47 bits per heavy atom. The van der Waals surface area contributed by atoms with E-state index < -0.39 is 0 Å². The van der Waals surface area contributed by atoms with Crippen LogP contribution in [0.5, 0.6) is 0 Å². The summed E-state index contributed by atoms with van der Waals surface area (Å²) in [5.74, 6) is 0.358. The van der Waals surface area contributed by atoms with E-state index in [1.165, 1.54) is 24.4 Å². The summed E-state index contributed by atoms with van der Waals surface area (Å²) >= 11 is 4.69. The number of carbonyl (C=O) groups excluding carboxylic acids is 1. The lowest BCUT2D eigenvalue weighted by Gasteiger charge is -2.28. The topological polar surface area (TPSA) is 46.1 Å². The average Bonchev–Trinajstić information content (AvgIpc) is 3.05. The van der Waals surface area contributed by atoms with Crippen molar-refractivity contribution in [2.45, 2.75) is 51.5 Å². The molecule has 1 fully saturated rings. The van der Waals surface area contributed by atoms with Crippen LogP contribution >= 0.6 is 27.5 Å². The van der Waals surface area contributed by atoms with Crippen LogP contribution in [0.1, 0.15) is 60.8 Å². The first-order valence-corrected chi connectivity index (χ1v) is 8.73. The van der Waals surface area contributed by atoms with Crippen molar-refractivity contribution >= 4 is 33.4 Å². The van der Waals surface area contributed by atoms with Gasteiger partial charge in [-0.05, 0) is 30.3 Å². The number of nitrogens with zero attached hydrogens (tertiary/aromatic N) is 3. The van der Waals surface area contributed by atoms with Crippen molar-refractivity contribution in [2.24, 2.45) is 0 Å². The minimum absolute atomic E-state index is 0.116. The number of hydrogen-bond donors (Lipinski definition) is 0. The minimum atomic E-state index is 0.116. The molecule has 19 heavy (non-hydrogen) atoms. The molecule has 1 aromatic rings. The number of alkyl halides is 1. The van der Waals surface area contributed by atoms with Crippen molar-refractivity contribution < 1.29 is 4.79 Å². The quantitative estimate of drug-likeness (QED) is 0.768.